The maximum absolute atomic E-state index is 10.5. The van der Waals surface area contributed by atoms with Gasteiger partial charge in [0.25, 0.3) is 0 Å². The molecule has 1 atom stereocenters. The molecular weight excluding hydrogens is 206 g/mol. The van der Waals surface area contributed by atoms with E-state index in [1.165, 1.54) is 0 Å². The van der Waals surface area contributed by atoms with E-state index in [1.807, 2.05) is 12.1 Å². The van der Waals surface area contributed by atoms with Crippen molar-refractivity contribution in [3.05, 3.63) is 35.4 Å². The average Bonchev–Trinajstić information content (AvgIpc) is 2.20. The summed E-state index contributed by atoms with van der Waals surface area (Å²) in [5.41, 5.74) is 12.5. The Bertz CT molecular complexity index is 387. The fraction of sp³-hybridized carbons (Fsp3) is 0.273. The molecule has 0 saturated carbocycles. The van der Waals surface area contributed by atoms with E-state index < -0.39 is 12.0 Å². The molecule has 0 aliphatic heterocycles. The van der Waals surface area contributed by atoms with Crippen LogP contribution in [-0.2, 0) is 17.6 Å². The van der Waals surface area contributed by atoms with Gasteiger partial charge in [-0.15, -0.1) is 0 Å². The van der Waals surface area contributed by atoms with Gasteiger partial charge in [-0.05, 0) is 17.5 Å². The molecule has 5 heteroatoms. The largest absolute Gasteiger partial charge is 0.480 e. The third-order valence-electron chi connectivity index (χ3n) is 2.19. The lowest BCUT2D eigenvalue weighted by Gasteiger charge is -2.07. The number of amidine groups is 1. The van der Waals surface area contributed by atoms with Crippen molar-refractivity contribution in [2.45, 2.75) is 18.9 Å². The number of aliphatic carboxylic acids is 1. The molecule has 16 heavy (non-hydrogen) atoms. The van der Waals surface area contributed by atoms with E-state index in [0.29, 0.717) is 12.8 Å². The third-order valence-corrected chi connectivity index (χ3v) is 2.19. The van der Waals surface area contributed by atoms with Gasteiger partial charge < -0.3 is 16.6 Å². The van der Waals surface area contributed by atoms with Crippen molar-refractivity contribution in [1.82, 2.24) is 0 Å². The monoisotopic (exact) mass is 221 g/mol. The smallest absolute Gasteiger partial charge is 0.320 e. The summed E-state index contributed by atoms with van der Waals surface area (Å²) < 4.78 is 0. The van der Waals surface area contributed by atoms with Crippen molar-refractivity contribution in [3.8, 4) is 0 Å². The van der Waals surface area contributed by atoms with Crippen molar-refractivity contribution in [3.63, 3.8) is 0 Å². The van der Waals surface area contributed by atoms with Gasteiger partial charge in [0, 0.05) is 6.42 Å². The maximum atomic E-state index is 10.5. The van der Waals surface area contributed by atoms with Crippen LogP contribution in [0.4, 0.5) is 0 Å². The van der Waals surface area contributed by atoms with Gasteiger partial charge in [0.15, 0.2) is 0 Å². The van der Waals surface area contributed by atoms with E-state index in [-0.39, 0.29) is 5.84 Å². The predicted octanol–water partition coefficient (Wildman–Crippen LogP) is 0.119. The second-order valence-corrected chi connectivity index (χ2v) is 3.67. The number of nitrogens with two attached hydrogens (primary N) is 2. The molecule has 1 aromatic carbocycles. The van der Waals surface area contributed by atoms with Crippen molar-refractivity contribution in [2.75, 3.05) is 0 Å². The van der Waals surface area contributed by atoms with Gasteiger partial charge in [0.2, 0.25) is 0 Å². The average molecular weight is 221 g/mol. The molecular formula is C11H15N3O2. The first-order chi connectivity index (χ1) is 7.49. The summed E-state index contributed by atoms with van der Waals surface area (Å²) >= 11 is 0. The number of nitrogens with one attached hydrogen (secondary N) is 1. The summed E-state index contributed by atoms with van der Waals surface area (Å²) in [5.74, 6) is -0.900. The molecule has 0 fully saturated rings. The summed E-state index contributed by atoms with van der Waals surface area (Å²) in [5, 5.41) is 15.8. The molecule has 6 N–H and O–H groups in total. The van der Waals surface area contributed by atoms with Crippen LogP contribution in [0.3, 0.4) is 0 Å². The second-order valence-electron chi connectivity index (χ2n) is 3.67. The van der Waals surface area contributed by atoms with E-state index in [9.17, 15) is 4.79 Å². The highest BCUT2D eigenvalue weighted by molar-refractivity contribution is 5.79. The Morgan fingerprint density at radius 1 is 1.31 bits per heavy atom. The highest BCUT2D eigenvalue weighted by Crippen LogP contribution is 2.07. The van der Waals surface area contributed by atoms with Crippen LogP contribution in [0.15, 0.2) is 24.3 Å². The third kappa shape index (κ3) is 3.70. The van der Waals surface area contributed by atoms with Crippen LogP contribution >= 0.6 is 0 Å². The molecule has 86 valence electrons. The molecule has 1 rings (SSSR count). The number of carboxylic acids is 1. The van der Waals surface area contributed by atoms with Gasteiger partial charge in [-0.1, -0.05) is 24.3 Å². The standard InChI is InChI=1S/C11H15N3O2/c12-9(11(15)16)5-7-1-3-8(4-2-7)6-10(13)14/h1-4,9H,5-6,12H2,(H3,13,14)(H,15,16). The van der Waals surface area contributed by atoms with Gasteiger partial charge in [-0.25, -0.2) is 0 Å². The van der Waals surface area contributed by atoms with Crippen molar-refractivity contribution in [2.24, 2.45) is 11.5 Å². The SMILES string of the molecule is N=C(N)Cc1ccc(CC(N)C(=O)O)cc1. The van der Waals surface area contributed by atoms with Crippen molar-refractivity contribution >= 4 is 11.8 Å². The van der Waals surface area contributed by atoms with E-state index in [0.717, 1.165) is 11.1 Å². The zero-order chi connectivity index (χ0) is 12.1. The summed E-state index contributed by atoms with van der Waals surface area (Å²) in [6.07, 6.45) is 0.709. The molecule has 0 aliphatic carbocycles. The number of rotatable bonds is 5. The molecule has 0 spiro atoms. The minimum Gasteiger partial charge on any atom is -0.480 e. The second kappa shape index (κ2) is 5.27. The predicted molar refractivity (Wildman–Crippen MR) is 61.4 cm³/mol. The first-order valence-corrected chi connectivity index (χ1v) is 4.88. The molecule has 5 nitrogen and oxygen atoms in total. The first kappa shape index (κ1) is 12.2. The zero-order valence-electron chi connectivity index (χ0n) is 8.81. The summed E-state index contributed by atoms with van der Waals surface area (Å²) in [6, 6.07) is 6.39. The number of hydrogen-bond acceptors (Lipinski definition) is 3. The molecule has 0 radical (unpaired) electrons. The normalized spacial score (nSPS) is 12.1. The van der Waals surface area contributed by atoms with Crippen molar-refractivity contribution < 1.29 is 9.90 Å². The minimum absolute atomic E-state index is 0.106. The number of carboxylic acid groups (broad SMARTS) is 1. The van der Waals surface area contributed by atoms with Crippen LogP contribution in [0.5, 0.6) is 0 Å². The quantitative estimate of drug-likeness (QED) is 0.417. The van der Waals surface area contributed by atoms with E-state index in [2.05, 4.69) is 0 Å². The van der Waals surface area contributed by atoms with Crippen LogP contribution in [0.25, 0.3) is 0 Å². The summed E-state index contributed by atoms with van der Waals surface area (Å²) in [6.45, 7) is 0. The van der Waals surface area contributed by atoms with Crippen molar-refractivity contribution in [1.29, 1.82) is 5.41 Å². The zero-order valence-corrected chi connectivity index (χ0v) is 8.81. The Kier molecular flexibility index (Phi) is 4.02. The van der Waals surface area contributed by atoms with E-state index >= 15 is 0 Å². The lowest BCUT2D eigenvalue weighted by molar-refractivity contribution is -0.138. The fourth-order valence-electron chi connectivity index (χ4n) is 1.35. The van der Waals surface area contributed by atoms with Crippen LogP contribution in [0.1, 0.15) is 11.1 Å². The van der Waals surface area contributed by atoms with Crippen LogP contribution in [0.2, 0.25) is 0 Å². The molecule has 0 aliphatic rings. The lowest BCUT2D eigenvalue weighted by Crippen LogP contribution is -2.32. The summed E-state index contributed by atoms with van der Waals surface area (Å²) in [7, 11) is 0. The number of benzene rings is 1. The molecule has 1 unspecified atom stereocenters. The Labute approximate surface area is 93.6 Å². The molecule has 1 aromatic rings. The highest BCUT2D eigenvalue weighted by atomic mass is 16.4. The van der Waals surface area contributed by atoms with Crippen LogP contribution in [-0.4, -0.2) is 23.0 Å². The van der Waals surface area contributed by atoms with Gasteiger partial charge in [-0.3, -0.25) is 10.2 Å². The number of carbonyl (C=O) groups is 1. The maximum Gasteiger partial charge on any atom is 0.320 e. The van der Waals surface area contributed by atoms with Gasteiger partial charge in [0.1, 0.15) is 6.04 Å². The van der Waals surface area contributed by atoms with Gasteiger partial charge in [0.05, 0.1) is 5.84 Å². The Balaban J connectivity index is 2.64. The van der Waals surface area contributed by atoms with Crippen LogP contribution in [0, 0.1) is 5.41 Å². The van der Waals surface area contributed by atoms with Crippen LogP contribution < -0.4 is 11.5 Å². The Morgan fingerprint density at radius 2 is 1.81 bits per heavy atom. The van der Waals surface area contributed by atoms with Gasteiger partial charge >= 0.3 is 5.97 Å². The molecule has 0 aromatic heterocycles. The fourth-order valence-corrected chi connectivity index (χ4v) is 1.35. The first-order valence-electron chi connectivity index (χ1n) is 4.88. The molecule has 0 amide bonds. The van der Waals surface area contributed by atoms with E-state index in [1.54, 1.807) is 12.1 Å². The molecule has 0 saturated heterocycles. The Hall–Kier alpha value is -1.88. The lowest BCUT2D eigenvalue weighted by atomic mass is 10.0. The minimum atomic E-state index is -1.01. The van der Waals surface area contributed by atoms with E-state index in [4.69, 9.17) is 22.0 Å². The summed E-state index contributed by atoms with van der Waals surface area (Å²) in [4.78, 5) is 10.5. The van der Waals surface area contributed by atoms with Gasteiger partial charge in [-0.2, -0.15) is 0 Å². The molecule has 0 heterocycles. The number of hydrogen-bond donors (Lipinski definition) is 4. The Morgan fingerprint density at radius 3 is 2.25 bits per heavy atom. The highest BCUT2D eigenvalue weighted by Gasteiger charge is 2.11. The molecule has 0 bridgehead atoms. The topological polar surface area (TPSA) is 113 Å².